The molecule has 0 aliphatic heterocycles. The van der Waals surface area contributed by atoms with Gasteiger partial charge in [-0.15, -0.1) is 0 Å². The maximum absolute atomic E-state index is 13.8. The zero-order valence-corrected chi connectivity index (χ0v) is 30.6. The van der Waals surface area contributed by atoms with Gasteiger partial charge in [-0.2, -0.15) is 10.2 Å². The Morgan fingerprint density at radius 1 is 0.722 bits per heavy atom. The SMILES string of the molecule is CCCC1C2CCC1(NC(=O)c1cn(C)nc1C(F)F)c1ccc(F)cc12.CCCC1C2CCC1(NC(=O)c1cn(C)nc1C(F)F)c1ccc(F)cc12. The third-order valence-electron chi connectivity index (χ3n) is 12.2. The number of nitrogens with zero attached hydrogens (tertiary/aromatic N) is 4. The molecular weight excluding hydrogens is 710 g/mol. The summed E-state index contributed by atoms with van der Waals surface area (Å²) in [6.45, 7) is 4.16. The minimum absolute atomic E-state index is 0.101. The number of benzene rings is 2. The molecule has 14 heteroatoms. The van der Waals surface area contributed by atoms with Crippen LogP contribution in [0.15, 0.2) is 48.8 Å². The molecule has 4 bridgehead atoms. The molecule has 8 rings (SSSR count). The van der Waals surface area contributed by atoms with Crippen molar-refractivity contribution in [1.82, 2.24) is 30.2 Å². The second-order valence-corrected chi connectivity index (χ2v) is 15.2. The van der Waals surface area contributed by atoms with Crippen LogP contribution < -0.4 is 10.6 Å². The normalized spacial score (nSPS) is 25.9. The van der Waals surface area contributed by atoms with Gasteiger partial charge >= 0.3 is 0 Å². The topological polar surface area (TPSA) is 93.8 Å². The standard InChI is InChI=1S/2C20H22F3N3O/c2*1-3-4-15-12-7-8-20(15,16-6-5-11(21)9-13(12)16)24-19(27)14-10-26(2)25-17(14)18(22)23/h2*5-6,9-10,12,15,18H,3-4,7-8H2,1-2H3,(H,24,27). The van der Waals surface area contributed by atoms with Gasteiger partial charge in [-0.3, -0.25) is 19.0 Å². The summed E-state index contributed by atoms with van der Waals surface area (Å²) in [5.74, 6) is -0.978. The highest BCUT2D eigenvalue weighted by atomic mass is 19.3. The van der Waals surface area contributed by atoms with Crippen molar-refractivity contribution in [3.05, 3.63) is 105 Å². The smallest absolute Gasteiger partial charge is 0.282 e. The average molecular weight is 755 g/mol. The Bertz CT molecular complexity index is 1930. The second kappa shape index (κ2) is 14.2. The monoisotopic (exact) mass is 754 g/mol. The molecule has 54 heavy (non-hydrogen) atoms. The number of carbonyl (C=O) groups is 2. The molecule has 2 amide bonds. The summed E-state index contributed by atoms with van der Waals surface area (Å²) in [7, 11) is 3.03. The number of halogens is 6. The van der Waals surface area contributed by atoms with Crippen molar-refractivity contribution in [2.75, 3.05) is 0 Å². The first-order valence-electron chi connectivity index (χ1n) is 18.6. The van der Waals surface area contributed by atoms with E-state index >= 15 is 0 Å². The van der Waals surface area contributed by atoms with Gasteiger partial charge in [-0.25, -0.2) is 26.3 Å². The van der Waals surface area contributed by atoms with Crippen LogP contribution in [0, 0.1) is 23.5 Å². The summed E-state index contributed by atoms with van der Waals surface area (Å²) in [6, 6.07) is 9.42. The number of carbonyl (C=O) groups excluding carboxylic acids is 2. The number of aromatic nitrogens is 4. The van der Waals surface area contributed by atoms with Gasteiger partial charge in [-0.05, 0) is 109 Å². The number of amides is 2. The van der Waals surface area contributed by atoms with Crippen molar-refractivity contribution < 1.29 is 35.9 Å². The Balaban J connectivity index is 0.000000167. The molecule has 4 aliphatic rings. The van der Waals surface area contributed by atoms with E-state index in [4.69, 9.17) is 0 Å². The van der Waals surface area contributed by atoms with Crippen LogP contribution >= 0.6 is 0 Å². The first kappa shape index (κ1) is 37.7. The van der Waals surface area contributed by atoms with Gasteiger partial charge in [-0.1, -0.05) is 38.8 Å². The molecule has 8 nitrogen and oxygen atoms in total. The molecule has 2 N–H and O–H groups in total. The number of rotatable bonds is 10. The Hall–Kier alpha value is -4.62. The van der Waals surface area contributed by atoms with Crippen molar-refractivity contribution in [3.8, 4) is 0 Å². The first-order valence-corrected chi connectivity index (χ1v) is 18.6. The Morgan fingerprint density at radius 3 is 1.46 bits per heavy atom. The van der Waals surface area contributed by atoms with Gasteiger partial charge in [0.25, 0.3) is 24.7 Å². The molecule has 4 aromatic rings. The van der Waals surface area contributed by atoms with Gasteiger partial charge in [0.2, 0.25) is 0 Å². The van der Waals surface area contributed by atoms with Gasteiger partial charge < -0.3 is 10.6 Å². The lowest BCUT2D eigenvalue weighted by Crippen LogP contribution is -2.47. The number of hydrogen-bond acceptors (Lipinski definition) is 4. The van der Waals surface area contributed by atoms with Crippen LogP contribution in [-0.4, -0.2) is 31.4 Å². The van der Waals surface area contributed by atoms with Crippen LogP contribution in [0.4, 0.5) is 26.3 Å². The molecule has 0 spiro atoms. The molecule has 2 saturated carbocycles. The first-order chi connectivity index (χ1) is 25.7. The van der Waals surface area contributed by atoms with Crippen molar-refractivity contribution >= 4 is 11.8 Å². The Labute approximate surface area is 309 Å². The summed E-state index contributed by atoms with van der Waals surface area (Å²) in [5, 5.41) is 13.6. The van der Waals surface area contributed by atoms with E-state index in [9.17, 15) is 35.9 Å². The van der Waals surface area contributed by atoms with Crippen LogP contribution in [0.5, 0.6) is 0 Å². The number of fused-ring (bicyclic) bond motifs is 10. The molecule has 0 saturated heterocycles. The number of alkyl halides is 4. The van der Waals surface area contributed by atoms with E-state index < -0.39 is 47.1 Å². The predicted octanol–water partition coefficient (Wildman–Crippen LogP) is 8.86. The van der Waals surface area contributed by atoms with Crippen molar-refractivity contribution in [2.45, 2.75) is 101 Å². The molecule has 4 aliphatic carbocycles. The Kier molecular flexibility index (Phi) is 9.93. The summed E-state index contributed by atoms with van der Waals surface area (Å²) >= 11 is 0. The van der Waals surface area contributed by atoms with E-state index in [1.54, 1.807) is 24.3 Å². The fraction of sp³-hybridized carbons (Fsp3) is 0.500. The van der Waals surface area contributed by atoms with Gasteiger partial charge in [0.05, 0.1) is 22.2 Å². The lowest BCUT2D eigenvalue weighted by atomic mass is 9.82. The Morgan fingerprint density at radius 2 is 1.11 bits per heavy atom. The van der Waals surface area contributed by atoms with Crippen molar-refractivity contribution in [1.29, 1.82) is 0 Å². The summed E-state index contributed by atoms with van der Waals surface area (Å²) in [4.78, 5) is 26.0. The molecule has 2 aromatic heterocycles. The van der Waals surface area contributed by atoms with Crippen molar-refractivity contribution in [2.24, 2.45) is 25.9 Å². The largest absolute Gasteiger partial charge is 0.342 e. The van der Waals surface area contributed by atoms with Crippen molar-refractivity contribution in [3.63, 3.8) is 0 Å². The second-order valence-electron chi connectivity index (χ2n) is 15.2. The highest BCUT2D eigenvalue weighted by Gasteiger charge is 2.58. The third-order valence-corrected chi connectivity index (χ3v) is 12.2. The summed E-state index contributed by atoms with van der Waals surface area (Å²) < 4.78 is 83.2. The number of aryl methyl sites for hydroxylation is 2. The van der Waals surface area contributed by atoms with Crippen LogP contribution in [-0.2, 0) is 25.2 Å². The lowest BCUT2D eigenvalue weighted by molar-refractivity contribution is 0.0849. The molecule has 2 fully saturated rings. The van der Waals surface area contributed by atoms with Crippen LogP contribution in [0.3, 0.4) is 0 Å². The van der Waals surface area contributed by atoms with E-state index in [-0.39, 0.29) is 46.4 Å². The highest BCUT2D eigenvalue weighted by molar-refractivity contribution is 5.96. The lowest BCUT2D eigenvalue weighted by Gasteiger charge is -2.34. The fourth-order valence-electron chi connectivity index (χ4n) is 10.3. The minimum atomic E-state index is -2.82. The molecular formula is C40H44F6N6O2. The van der Waals surface area contributed by atoms with E-state index in [0.29, 0.717) is 0 Å². The zero-order valence-electron chi connectivity index (χ0n) is 30.6. The third kappa shape index (κ3) is 6.09. The van der Waals surface area contributed by atoms with Gasteiger partial charge in [0.15, 0.2) is 0 Å². The molecule has 6 unspecified atom stereocenters. The van der Waals surface area contributed by atoms with Crippen LogP contribution in [0.1, 0.15) is 144 Å². The number of nitrogens with one attached hydrogen (secondary N) is 2. The van der Waals surface area contributed by atoms with Crippen LogP contribution in [0.2, 0.25) is 0 Å². The number of hydrogen-bond donors (Lipinski definition) is 2. The summed E-state index contributed by atoms with van der Waals surface area (Å²) in [5.41, 5.74) is 1.26. The van der Waals surface area contributed by atoms with E-state index in [1.807, 2.05) is 0 Å². The molecule has 2 aromatic carbocycles. The maximum Gasteiger partial charge on any atom is 0.282 e. The average Bonchev–Trinajstić information content (AvgIpc) is 3.95. The van der Waals surface area contributed by atoms with E-state index in [2.05, 4.69) is 34.7 Å². The molecule has 2 heterocycles. The van der Waals surface area contributed by atoms with Gasteiger partial charge in [0, 0.05) is 26.5 Å². The molecule has 0 radical (unpaired) electrons. The van der Waals surface area contributed by atoms with Crippen LogP contribution in [0.25, 0.3) is 0 Å². The molecule has 6 atom stereocenters. The highest BCUT2D eigenvalue weighted by Crippen LogP contribution is 2.62. The zero-order chi connectivity index (χ0) is 38.7. The van der Waals surface area contributed by atoms with E-state index in [1.165, 1.54) is 48.0 Å². The fourth-order valence-corrected chi connectivity index (χ4v) is 10.3. The molecule has 288 valence electrons. The predicted molar refractivity (Wildman–Crippen MR) is 188 cm³/mol. The minimum Gasteiger partial charge on any atom is -0.342 e. The quantitative estimate of drug-likeness (QED) is 0.158. The maximum atomic E-state index is 13.8. The summed E-state index contributed by atoms with van der Waals surface area (Å²) in [6.07, 6.45) is 3.83. The van der Waals surface area contributed by atoms with E-state index in [0.717, 1.165) is 73.6 Å². The van der Waals surface area contributed by atoms with Gasteiger partial charge in [0.1, 0.15) is 23.0 Å².